The van der Waals surface area contributed by atoms with Crippen LogP contribution in [0.1, 0.15) is 22.5 Å². The summed E-state index contributed by atoms with van der Waals surface area (Å²) in [7, 11) is 1.56. The van der Waals surface area contributed by atoms with E-state index in [-0.39, 0.29) is 0 Å². The van der Waals surface area contributed by atoms with Gasteiger partial charge in [0.05, 0.1) is 18.7 Å². The largest absolute Gasteiger partial charge is 0.493 e. The lowest BCUT2D eigenvalue weighted by Gasteiger charge is -2.12. The molecule has 0 fully saturated rings. The fourth-order valence-corrected chi connectivity index (χ4v) is 4.25. The molecule has 0 unspecified atom stereocenters. The van der Waals surface area contributed by atoms with Crippen LogP contribution in [0.2, 0.25) is 5.02 Å². The van der Waals surface area contributed by atoms with Crippen molar-refractivity contribution >= 4 is 17.2 Å². The Hall–Kier alpha value is -3.19. The number of nitrogens with zero attached hydrogens (tertiary/aromatic N) is 5. The van der Waals surface area contributed by atoms with Gasteiger partial charge < -0.3 is 9.47 Å². The van der Waals surface area contributed by atoms with Gasteiger partial charge in [-0.15, -0.1) is 10.2 Å². The second-order valence-corrected chi connectivity index (χ2v) is 7.66. The van der Waals surface area contributed by atoms with Crippen LogP contribution < -0.4 is 9.47 Å². The van der Waals surface area contributed by atoms with Crippen molar-refractivity contribution < 1.29 is 9.47 Å². The van der Waals surface area contributed by atoms with E-state index in [0.717, 1.165) is 48.6 Å². The standard InChI is InChI=1S/C22H20ClN5O2/c1-13-3-5-19-15(7-8-30-19)14(13)4-6-20-24-11-17(22-27-26-12-28(20)22)16-10-25-21(29-2)9-18(16)23/h3,5,9-12H,4,6-8H2,1-2H3. The summed E-state index contributed by atoms with van der Waals surface area (Å²) in [6.07, 6.45) is 7.76. The third kappa shape index (κ3) is 3.15. The number of halogens is 1. The summed E-state index contributed by atoms with van der Waals surface area (Å²) in [6, 6.07) is 5.88. The minimum absolute atomic E-state index is 0.459. The van der Waals surface area contributed by atoms with Gasteiger partial charge in [-0.1, -0.05) is 17.7 Å². The summed E-state index contributed by atoms with van der Waals surface area (Å²) in [5.74, 6) is 2.36. The van der Waals surface area contributed by atoms with Gasteiger partial charge in [0.15, 0.2) is 5.65 Å². The van der Waals surface area contributed by atoms with Gasteiger partial charge in [-0.3, -0.25) is 4.40 Å². The molecule has 1 aliphatic rings. The molecule has 0 saturated carbocycles. The first kappa shape index (κ1) is 18.8. The predicted molar refractivity (Wildman–Crippen MR) is 113 cm³/mol. The molecule has 0 radical (unpaired) electrons. The van der Waals surface area contributed by atoms with Gasteiger partial charge in [0.1, 0.15) is 17.9 Å². The van der Waals surface area contributed by atoms with Crippen molar-refractivity contribution in [3.8, 4) is 22.8 Å². The SMILES string of the molecule is COc1cc(Cl)c(-c2cnc(CCc3c(C)ccc4c3CCO4)n3cnnc23)cn1. The number of aryl methyl sites for hydroxylation is 2. The number of fused-ring (bicyclic) bond motifs is 2. The van der Waals surface area contributed by atoms with E-state index >= 15 is 0 Å². The number of rotatable bonds is 5. The molecule has 30 heavy (non-hydrogen) atoms. The van der Waals surface area contributed by atoms with E-state index in [4.69, 9.17) is 26.1 Å². The molecule has 7 nitrogen and oxygen atoms in total. The lowest BCUT2D eigenvalue weighted by molar-refractivity contribution is 0.357. The van der Waals surface area contributed by atoms with E-state index in [0.29, 0.717) is 16.5 Å². The Morgan fingerprint density at radius 1 is 1.17 bits per heavy atom. The van der Waals surface area contributed by atoms with Crippen molar-refractivity contribution in [3.05, 3.63) is 64.5 Å². The minimum Gasteiger partial charge on any atom is -0.493 e. The highest BCUT2D eigenvalue weighted by Gasteiger charge is 2.19. The van der Waals surface area contributed by atoms with Crippen molar-refractivity contribution in [2.75, 3.05) is 13.7 Å². The molecule has 8 heteroatoms. The third-order valence-electron chi connectivity index (χ3n) is 5.57. The van der Waals surface area contributed by atoms with Crippen molar-refractivity contribution in [1.82, 2.24) is 24.6 Å². The zero-order valence-corrected chi connectivity index (χ0v) is 17.5. The highest BCUT2D eigenvalue weighted by atomic mass is 35.5. The van der Waals surface area contributed by atoms with E-state index < -0.39 is 0 Å². The molecule has 0 atom stereocenters. The fraction of sp³-hybridized carbons (Fsp3) is 0.273. The number of hydrogen-bond acceptors (Lipinski definition) is 6. The number of benzene rings is 1. The second-order valence-electron chi connectivity index (χ2n) is 7.26. The Labute approximate surface area is 178 Å². The van der Waals surface area contributed by atoms with Crippen LogP contribution in [0.25, 0.3) is 16.8 Å². The zero-order valence-electron chi connectivity index (χ0n) is 16.7. The van der Waals surface area contributed by atoms with Crippen molar-refractivity contribution in [3.63, 3.8) is 0 Å². The van der Waals surface area contributed by atoms with Gasteiger partial charge >= 0.3 is 0 Å². The van der Waals surface area contributed by atoms with Crippen LogP contribution in [-0.4, -0.2) is 38.3 Å². The molecular weight excluding hydrogens is 402 g/mol. The quantitative estimate of drug-likeness (QED) is 0.487. The minimum atomic E-state index is 0.459. The highest BCUT2D eigenvalue weighted by molar-refractivity contribution is 6.33. The smallest absolute Gasteiger partial charge is 0.214 e. The zero-order chi connectivity index (χ0) is 20.7. The van der Waals surface area contributed by atoms with Crippen LogP contribution in [0.15, 0.2) is 36.9 Å². The summed E-state index contributed by atoms with van der Waals surface area (Å²) in [4.78, 5) is 8.97. The second kappa shape index (κ2) is 7.57. The van der Waals surface area contributed by atoms with E-state index in [2.05, 4.69) is 34.2 Å². The molecule has 152 valence electrons. The van der Waals surface area contributed by atoms with E-state index in [1.54, 1.807) is 31.9 Å². The lowest BCUT2D eigenvalue weighted by atomic mass is 9.96. The lowest BCUT2D eigenvalue weighted by Crippen LogP contribution is -2.06. The number of pyridine rings is 1. The maximum atomic E-state index is 6.45. The van der Waals surface area contributed by atoms with Crippen LogP contribution in [0, 0.1) is 6.92 Å². The fourth-order valence-electron chi connectivity index (χ4n) is 4.01. The Kier molecular flexibility index (Phi) is 4.75. The van der Waals surface area contributed by atoms with Crippen molar-refractivity contribution in [1.29, 1.82) is 0 Å². The summed E-state index contributed by atoms with van der Waals surface area (Å²) < 4.78 is 12.8. The van der Waals surface area contributed by atoms with Gasteiger partial charge in [0, 0.05) is 48.0 Å². The molecule has 0 spiro atoms. The topological polar surface area (TPSA) is 74.4 Å². The molecule has 0 aliphatic carbocycles. The van der Waals surface area contributed by atoms with Gasteiger partial charge in [-0.05, 0) is 30.5 Å². The number of aromatic nitrogens is 5. The summed E-state index contributed by atoms with van der Waals surface area (Å²) in [5, 5.41) is 8.94. The molecule has 1 aromatic carbocycles. The average Bonchev–Trinajstić information content (AvgIpc) is 3.43. The van der Waals surface area contributed by atoms with Gasteiger partial charge in [0.25, 0.3) is 0 Å². The normalized spacial score (nSPS) is 12.8. The Bertz CT molecular complexity index is 1250. The van der Waals surface area contributed by atoms with Crippen molar-refractivity contribution in [2.45, 2.75) is 26.2 Å². The molecular formula is C22H20ClN5O2. The number of hydrogen-bond donors (Lipinski definition) is 0. The summed E-state index contributed by atoms with van der Waals surface area (Å²) in [6.45, 7) is 2.91. The molecule has 4 heterocycles. The monoisotopic (exact) mass is 421 g/mol. The molecule has 0 amide bonds. The molecule has 0 N–H and O–H groups in total. The molecule has 0 bridgehead atoms. The van der Waals surface area contributed by atoms with Crippen LogP contribution >= 0.6 is 11.6 Å². The summed E-state index contributed by atoms with van der Waals surface area (Å²) in [5.41, 5.74) is 6.17. The average molecular weight is 422 g/mol. The number of methoxy groups -OCH3 is 1. The van der Waals surface area contributed by atoms with Crippen LogP contribution in [0.5, 0.6) is 11.6 Å². The molecule has 4 aromatic rings. The first-order valence-electron chi connectivity index (χ1n) is 9.77. The maximum absolute atomic E-state index is 6.45. The first-order chi connectivity index (χ1) is 14.7. The van der Waals surface area contributed by atoms with Gasteiger partial charge in [-0.25, -0.2) is 9.97 Å². The Morgan fingerprint density at radius 3 is 2.87 bits per heavy atom. The Balaban J connectivity index is 1.49. The van der Waals surface area contributed by atoms with Crippen LogP contribution in [0.4, 0.5) is 0 Å². The van der Waals surface area contributed by atoms with Crippen LogP contribution in [-0.2, 0) is 19.3 Å². The number of ether oxygens (including phenoxy) is 2. The molecule has 5 rings (SSSR count). The molecule has 1 aliphatic heterocycles. The van der Waals surface area contributed by atoms with Crippen molar-refractivity contribution in [2.24, 2.45) is 0 Å². The maximum Gasteiger partial charge on any atom is 0.214 e. The first-order valence-corrected chi connectivity index (χ1v) is 10.1. The van der Waals surface area contributed by atoms with Gasteiger partial charge in [0.2, 0.25) is 5.88 Å². The van der Waals surface area contributed by atoms with Gasteiger partial charge in [-0.2, -0.15) is 0 Å². The van der Waals surface area contributed by atoms with Crippen LogP contribution in [0.3, 0.4) is 0 Å². The van der Waals surface area contributed by atoms with E-state index in [1.807, 2.05) is 4.40 Å². The van der Waals surface area contributed by atoms with E-state index in [9.17, 15) is 0 Å². The molecule has 3 aromatic heterocycles. The predicted octanol–water partition coefficient (Wildman–Crippen LogP) is 3.88. The molecule has 0 saturated heterocycles. The highest BCUT2D eigenvalue weighted by Crippen LogP contribution is 2.33. The third-order valence-corrected chi connectivity index (χ3v) is 5.88. The summed E-state index contributed by atoms with van der Waals surface area (Å²) >= 11 is 6.45. The van der Waals surface area contributed by atoms with E-state index in [1.165, 1.54) is 16.7 Å². The Morgan fingerprint density at radius 2 is 2.03 bits per heavy atom.